The van der Waals surface area contributed by atoms with Gasteiger partial charge in [0.05, 0.1) is 14.2 Å². The van der Waals surface area contributed by atoms with Gasteiger partial charge in [0.2, 0.25) is 0 Å². The first kappa shape index (κ1) is 23.2. The van der Waals surface area contributed by atoms with Gasteiger partial charge in [-0.2, -0.15) is 0 Å². The van der Waals surface area contributed by atoms with Crippen LogP contribution >= 0.6 is 0 Å². The van der Waals surface area contributed by atoms with Crippen LogP contribution in [-0.2, 0) is 18.4 Å². The van der Waals surface area contributed by atoms with E-state index in [1.165, 1.54) is 22.3 Å². The molecule has 0 saturated heterocycles. The Labute approximate surface area is 198 Å². The van der Waals surface area contributed by atoms with Crippen LogP contribution in [0.3, 0.4) is 0 Å². The van der Waals surface area contributed by atoms with Gasteiger partial charge in [0.15, 0.2) is 11.5 Å². The van der Waals surface area contributed by atoms with E-state index in [-0.39, 0.29) is 5.41 Å². The molecule has 1 atom stereocenters. The highest BCUT2D eigenvalue weighted by molar-refractivity contribution is 5.49. The fourth-order valence-corrected chi connectivity index (χ4v) is 4.51. The molecule has 4 heteroatoms. The Morgan fingerprint density at radius 2 is 1.58 bits per heavy atom. The highest BCUT2D eigenvalue weighted by Crippen LogP contribution is 2.38. The van der Waals surface area contributed by atoms with Crippen LogP contribution in [0, 0.1) is 0 Å². The molecule has 4 nitrogen and oxygen atoms in total. The molecule has 1 aliphatic heterocycles. The zero-order chi connectivity index (χ0) is 23.6. The number of hydrogen-bond donors (Lipinski definition) is 0. The van der Waals surface area contributed by atoms with Crippen molar-refractivity contribution >= 4 is 0 Å². The average molecular weight is 446 g/mol. The molecule has 0 saturated carbocycles. The highest BCUT2D eigenvalue weighted by atomic mass is 16.5. The van der Waals surface area contributed by atoms with E-state index in [0.717, 1.165) is 42.5 Å². The van der Waals surface area contributed by atoms with Gasteiger partial charge in [0.1, 0.15) is 11.5 Å². The molecule has 0 fully saturated rings. The first-order chi connectivity index (χ1) is 15.8. The molecular formula is C29H35NO3. The van der Waals surface area contributed by atoms with Gasteiger partial charge in [-0.3, -0.25) is 4.90 Å². The molecule has 0 spiro atoms. The van der Waals surface area contributed by atoms with Gasteiger partial charge in [-0.25, -0.2) is 0 Å². The summed E-state index contributed by atoms with van der Waals surface area (Å²) in [5.74, 6) is 3.32. The largest absolute Gasteiger partial charge is 0.493 e. The van der Waals surface area contributed by atoms with Crippen molar-refractivity contribution in [3.05, 3.63) is 82.9 Å². The van der Waals surface area contributed by atoms with Crippen LogP contribution in [0.1, 0.15) is 56.0 Å². The summed E-state index contributed by atoms with van der Waals surface area (Å²) in [5.41, 5.74) is 5.33. The quantitative estimate of drug-likeness (QED) is 0.412. The number of ether oxygens (including phenoxy) is 3. The molecule has 0 amide bonds. The maximum absolute atomic E-state index is 6.17. The van der Waals surface area contributed by atoms with Gasteiger partial charge in [0, 0.05) is 19.1 Å². The van der Waals surface area contributed by atoms with Crippen LogP contribution in [0.4, 0.5) is 0 Å². The Kier molecular flexibility index (Phi) is 6.66. The van der Waals surface area contributed by atoms with E-state index in [2.05, 4.69) is 87.2 Å². The van der Waals surface area contributed by atoms with Gasteiger partial charge in [-0.05, 0) is 77.4 Å². The minimum absolute atomic E-state index is 0.136. The molecule has 0 radical (unpaired) electrons. The lowest BCUT2D eigenvalue weighted by molar-refractivity contribution is 0.188. The third-order valence-electron chi connectivity index (χ3n) is 6.55. The third-order valence-corrected chi connectivity index (χ3v) is 6.55. The fraction of sp³-hybridized carbons (Fsp3) is 0.379. The number of hydrogen-bond acceptors (Lipinski definition) is 4. The Hall–Kier alpha value is -2.98. The second-order valence-corrected chi connectivity index (χ2v) is 9.83. The Morgan fingerprint density at radius 1 is 0.879 bits per heavy atom. The molecule has 3 aromatic rings. The molecule has 4 rings (SSSR count). The van der Waals surface area contributed by atoms with Crippen LogP contribution in [0.5, 0.6) is 23.0 Å². The summed E-state index contributed by atoms with van der Waals surface area (Å²) in [4.78, 5) is 2.51. The predicted octanol–water partition coefficient (Wildman–Crippen LogP) is 6.91. The zero-order valence-electron chi connectivity index (χ0n) is 20.6. The van der Waals surface area contributed by atoms with Crippen molar-refractivity contribution in [1.29, 1.82) is 0 Å². The van der Waals surface area contributed by atoms with Gasteiger partial charge in [-0.15, -0.1) is 0 Å². The maximum atomic E-state index is 6.17. The lowest BCUT2D eigenvalue weighted by Crippen LogP contribution is -2.33. The molecule has 0 bridgehead atoms. The van der Waals surface area contributed by atoms with Crippen LogP contribution in [0.2, 0.25) is 0 Å². The van der Waals surface area contributed by atoms with E-state index in [1.807, 2.05) is 6.07 Å². The average Bonchev–Trinajstić information content (AvgIpc) is 2.80. The molecule has 174 valence electrons. The molecular weight excluding hydrogens is 410 g/mol. The molecule has 0 N–H and O–H groups in total. The first-order valence-corrected chi connectivity index (χ1v) is 11.6. The molecule has 33 heavy (non-hydrogen) atoms. The van der Waals surface area contributed by atoms with E-state index in [4.69, 9.17) is 14.2 Å². The van der Waals surface area contributed by atoms with Gasteiger partial charge < -0.3 is 14.2 Å². The van der Waals surface area contributed by atoms with Crippen molar-refractivity contribution in [3.63, 3.8) is 0 Å². The summed E-state index contributed by atoms with van der Waals surface area (Å²) in [7, 11) is 3.38. The molecule has 0 aromatic heterocycles. The standard InChI is InChI=1S/C29H35NO3/c1-20-26-18-28(32-6)27(31-5)17-22(26)14-15-30(20)19-21-8-7-9-25(16-21)33-24-12-10-23(11-13-24)29(2,3)4/h7-13,16-18,20H,14-15,19H2,1-6H3. The highest BCUT2D eigenvalue weighted by Gasteiger charge is 2.26. The summed E-state index contributed by atoms with van der Waals surface area (Å²) >= 11 is 0. The molecule has 1 heterocycles. The monoisotopic (exact) mass is 445 g/mol. The van der Waals surface area contributed by atoms with E-state index in [0.29, 0.717) is 6.04 Å². The molecule has 3 aromatic carbocycles. The summed E-state index contributed by atoms with van der Waals surface area (Å²) in [6, 6.07) is 21.4. The van der Waals surface area contributed by atoms with Gasteiger partial charge >= 0.3 is 0 Å². The van der Waals surface area contributed by atoms with Crippen molar-refractivity contribution in [2.75, 3.05) is 20.8 Å². The number of methoxy groups -OCH3 is 2. The van der Waals surface area contributed by atoms with Crippen molar-refractivity contribution in [2.24, 2.45) is 0 Å². The smallest absolute Gasteiger partial charge is 0.161 e. The van der Waals surface area contributed by atoms with Crippen LogP contribution < -0.4 is 14.2 Å². The van der Waals surface area contributed by atoms with E-state index in [1.54, 1.807) is 14.2 Å². The third kappa shape index (κ3) is 5.17. The Bertz CT molecular complexity index is 1100. The predicted molar refractivity (Wildman–Crippen MR) is 134 cm³/mol. The van der Waals surface area contributed by atoms with Crippen molar-refractivity contribution in [3.8, 4) is 23.0 Å². The summed E-state index contributed by atoms with van der Waals surface area (Å²) in [5, 5.41) is 0. The lowest BCUT2D eigenvalue weighted by Gasteiger charge is -2.35. The number of nitrogens with zero attached hydrogens (tertiary/aromatic N) is 1. The molecule has 0 aliphatic carbocycles. The maximum Gasteiger partial charge on any atom is 0.161 e. The van der Waals surface area contributed by atoms with Gasteiger partial charge in [0.25, 0.3) is 0 Å². The van der Waals surface area contributed by atoms with Crippen molar-refractivity contribution in [2.45, 2.75) is 52.1 Å². The zero-order valence-corrected chi connectivity index (χ0v) is 20.6. The summed E-state index contributed by atoms with van der Waals surface area (Å²) in [6.45, 7) is 10.8. The minimum atomic E-state index is 0.136. The lowest BCUT2D eigenvalue weighted by atomic mass is 9.87. The first-order valence-electron chi connectivity index (χ1n) is 11.6. The second-order valence-electron chi connectivity index (χ2n) is 9.83. The van der Waals surface area contributed by atoms with E-state index < -0.39 is 0 Å². The Balaban J connectivity index is 1.48. The number of benzene rings is 3. The van der Waals surface area contributed by atoms with E-state index >= 15 is 0 Å². The SMILES string of the molecule is COc1cc2c(cc1OC)C(C)N(Cc1cccc(Oc3ccc(C(C)(C)C)cc3)c1)CC2. The van der Waals surface area contributed by atoms with Crippen LogP contribution in [-0.4, -0.2) is 25.7 Å². The minimum Gasteiger partial charge on any atom is -0.493 e. The van der Waals surface area contributed by atoms with Crippen molar-refractivity contribution < 1.29 is 14.2 Å². The number of rotatable bonds is 6. The normalized spacial score (nSPS) is 16.2. The second kappa shape index (κ2) is 9.48. The van der Waals surface area contributed by atoms with Gasteiger partial charge in [-0.1, -0.05) is 45.0 Å². The van der Waals surface area contributed by atoms with Crippen molar-refractivity contribution in [1.82, 2.24) is 4.90 Å². The topological polar surface area (TPSA) is 30.9 Å². The molecule has 1 aliphatic rings. The Morgan fingerprint density at radius 3 is 2.24 bits per heavy atom. The summed E-state index contributed by atoms with van der Waals surface area (Å²) in [6.07, 6.45) is 0.996. The summed E-state index contributed by atoms with van der Waals surface area (Å²) < 4.78 is 17.2. The molecule has 1 unspecified atom stereocenters. The number of fused-ring (bicyclic) bond motifs is 1. The fourth-order valence-electron chi connectivity index (χ4n) is 4.51. The van der Waals surface area contributed by atoms with Crippen LogP contribution in [0.15, 0.2) is 60.7 Å². The van der Waals surface area contributed by atoms with E-state index in [9.17, 15) is 0 Å². The van der Waals surface area contributed by atoms with Crippen LogP contribution in [0.25, 0.3) is 0 Å².